The van der Waals surface area contributed by atoms with Crippen LogP contribution in [0.4, 0.5) is 0 Å². The highest BCUT2D eigenvalue weighted by Crippen LogP contribution is 2.34. The Hall–Kier alpha value is -0.160. The lowest BCUT2D eigenvalue weighted by molar-refractivity contribution is 0.193. The van der Waals surface area contributed by atoms with Gasteiger partial charge in [0.15, 0.2) is 0 Å². The molecule has 0 aliphatic carbocycles. The Morgan fingerprint density at radius 1 is 1.41 bits per heavy atom. The van der Waals surface area contributed by atoms with Crippen molar-refractivity contribution in [3.8, 4) is 0 Å². The van der Waals surface area contributed by atoms with Gasteiger partial charge in [-0.25, -0.2) is 0 Å². The first-order valence-electron chi connectivity index (χ1n) is 5.78. The van der Waals surface area contributed by atoms with Gasteiger partial charge in [-0.3, -0.25) is 4.90 Å². The molecule has 1 aliphatic rings. The Morgan fingerprint density at radius 2 is 2.29 bits per heavy atom. The van der Waals surface area contributed by atoms with Gasteiger partial charge in [0.05, 0.1) is 3.79 Å². The van der Waals surface area contributed by atoms with Crippen LogP contribution in [0, 0.1) is 0 Å². The fourth-order valence-electron chi connectivity index (χ4n) is 2.41. The van der Waals surface area contributed by atoms with Crippen LogP contribution in [0.1, 0.15) is 28.3 Å². The molecule has 0 bridgehead atoms. The summed E-state index contributed by atoms with van der Waals surface area (Å²) >= 11 is 7.29. The highest BCUT2D eigenvalue weighted by Gasteiger charge is 2.24. The minimum atomic E-state index is 0.561. The lowest BCUT2D eigenvalue weighted by atomic mass is 10.0. The Balaban J connectivity index is 1.78. The van der Waals surface area contributed by atoms with Crippen LogP contribution in [0.5, 0.6) is 0 Å². The summed E-state index contributed by atoms with van der Waals surface area (Å²) in [5.74, 6) is 0. The summed E-state index contributed by atoms with van der Waals surface area (Å²) < 4.78 is 1.23. The first-order chi connectivity index (χ1) is 8.24. The van der Waals surface area contributed by atoms with Crippen LogP contribution in [-0.2, 0) is 13.0 Å². The van der Waals surface area contributed by atoms with Crippen LogP contribution >= 0.6 is 38.6 Å². The van der Waals surface area contributed by atoms with E-state index in [9.17, 15) is 0 Å². The Bertz CT molecular complexity index is 517. The van der Waals surface area contributed by atoms with E-state index in [2.05, 4.69) is 51.3 Å². The van der Waals surface area contributed by atoms with E-state index >= 15 is 0 Å². The average Bonchev–Trinajstić information content (AvgIpc) is 2.92. The SMILES string of the molecule is CC1c2ccsc2CCN1Cc1ccc(Br)s1. The number of fused-ring (bicyclic) bond motifs is 1. The molecule has 1 unspecified atom stereocenters. The van der Waals surface area contributed by atoms with Crippen molar-refractivity contribution in [3.63, 3.8) is 0 Å². The quantitative estimate of drug-likeness (QED) is 0.773. The molecule has 0 radical (unpaired) electrons. The fourth-order valence-corrected chi connectivity index (χ4v) is 4.89. The van der Waals surface area contributed by atoms with Crippen molar-refractivity contribution in [1.82, 2.24) is 4.90 Å². The lowest BCUT2D eigenvalue weighted by Crippen LogP contribution is -2.32. The Morgan fingerprint density at radius 3 is 3.06 bits per heavy atom. The lowest BCUT2D eigenvalue weighted by Gasteiger charge is -2.33. The molecule has 4 heteroatoms. The third-order valence-corrected chi connectivity index (χ3v) is 6.00. The van der Waals surface area contributed by atoms with Gasteiger partial charge in [-0.15, -0.1) is 22.7 Å². The van der Waals surface area contributed by atoms with Crippen LogP contribution in [0.2, 0.25) is 0 Å². The Kier molecular flexibility index (Phi) is 3.39. The smallest absolute Gasteiger partial charge is 0.0701 e. The number of hydrogen-bond acceptors (Lipinski definition) is 3. The molecule has 0 saturated carbocycles. The third kappa shape index (κ3) is 2.36. The van der Waals surface area contributed by atoms with Crippen molar-refractivity contribution in [2.45, 2.75) is 25.9 Å². The summed E-state index contributed by atoms with van der Waals surface area (Å²) in [6.45, 7) is 4.59. The number of rotatable bonds is 2. The zero-order valence-electron chi connectivity index (χ0n) is 9.65. The first kappa shape index (κ1) is 11.9. The monoisotopic (exact) mass is 327 g/mol. The van der Waals surface area contributed by atoms with E-state index in [-0.39, 0.29) is 0 Å². The van der Waals surface area contributed by atoms with E-state index in [0.717, 1.165) is 6.54 Å². The van der Waals surface area contributed by atoms with Crippen molar-refractivity contribution in [2.24, 2.45) is 0 Å². The maximum atomic E-state index is 3.53. The van der Waals surface area contributed by atoms with Gasteiger partial charge >= 0.3 is 0 Å². The minimum Gasteiger partial charge on any atom is -0.291 e. The zero-order valence-corrected chi connectivity index (χ0v) is 12.9. The number of halogens is 1. The van der Waals surface area contributed by atoms with E-state index < -0.39 is 0 Å². The van der Waals surface area contributed by atoms with Crippen LogP contribution < -0.4 is 0 Å². The molecule has 0 saturated heterocycles. The van der Waals surface area contributed by atoms with Crippen molar-refractivity contribution >= 4 is 38.6 Å². The minimum absolute atomic E-state index is 0.561. The number of hydrogen-bond donors (Lipinski definition) is 0. The molecule has 90 valence electrons. The van der Waals surface area contributed by atoms with Crippen molar-refractivity contribution in [2.75, 3.05) is 6.54 Å². The maximum absolute atomic E-state index is 3.53. The van der Waals surface area contributed by atoms with Gasteiger partial charge in [0.1, 0.15) is 0 Å². The fraction of sp³-hybridized carbons (Fsp3) is 0.385. The molecule has 17 heavy (non-hydrogen) atoms. The second-order valence-electron chi connectivity index (χ2n) is 4.40. The van der Waals surface area contributed by atoms with Gasteiger partial charge in [-0.05, 0) is 58.4 Å². The molecule has 2 aromatic heterocycles. The van der Waals surface area contributed by atoms with Crippen molar-refractivity contribution in [1.29, 1.82) is 0 Å². The van der Waals surface area contributed by atoms with Crippen LogP contribution in [-0.4, -0.2) is 11.4 Å². The summed E-state index contributed by atoms with van der Waals surface area (Å²) in [7, 11) is 0. The third-order valence-electron chi connectivity index (χ3n) is 3.39. The molecule has 0 amide bonds. The largest absolute Gasteiger partial charge is 0.291 e. The van der Waals surface area contributed by atoms with E-state index in [1.165, 1.54) is 27.2 Å². The van der Waals surface area contributed by atoms with Gasteiger partial charge in [0.2, 0.25) is 0 Å². The van der Waals surface area contributed by atoms with Crippen molar-refractivity contribution in [3.05, 3.63) is 42.7 Å². The molecule has 2 aromatic rings. The highest BCUT2D eigenvalue weighted by atomic mass is 79.9. The maximum Gasteiger partial charge on any atom is 0.0701 e. The normalized spacial score (nSPS) is 20.5. The number of thiophene rings is 2. The van der Waals surface area contributed by atoms with Crippen LogP contribution in [0.25, 0.3) is 0 Å². The molecule has 0 spiro atoms. The zero-order chi connectivity index (χ0) is 11.8. The Labute approximate surface area is 118 Å². The summed E-state index contributed by atoms with van der Waals surface area (Å²) in [5.41, 5.74) is 1.54. The molecule has 0 fully saturated rings. The van der Waals surface area contributed by atoms with Crippen molar-refractivity contribution < 1.29 is 0 Å². The summed E-state index contributed by atoms with van der Waals surface area (Å²) in [5, 5.41) is 2.23. The van der Waals surface area contributed by atoms with Gasteiger partial charge in [0.25, 0.3) is 0 Å². The molecule has 0 aromatic carbocycles. The van der Waals surface area contributed by atoms with Crippen LogP contribution in [0.3, 0.4) is 0 Å². The van der Waals surface area contributed by atoms with E-state index in [0.29, 0.717) is 6.04 Å². The number of nitrogens with zero attached hydrogens (tertiary/aromatic N) is 1. The molecule has 3 heterocycles. The van der Waals surface area contributed by atoms with E-state index in [1.807, 2.05) is 22.7 Å². The standard InChI is InChI=1S/C13H14BrNS2/c1-9-11-5-7-16-12(11)4-6-15(9)8-10-2-3-13(14)17-10/h2-3,5,7,9H,4,6,8H2,1H3. The molecule has 0 N–H and O–H groups in total. The second kappa shape index (κ2) is 4.84. The molecular formula is C13H14BrNS2. The second-order valence-corrected chi connectivity index (χ2v) is 7.95. The van der Waals surface area contributed by atoms with Gasteiger partial charge < -0.3 is 0 Å². The molecule has 3 rings (SSSR count). The predicted octanol–water partition coefficient (Wildman–Crippen LogP) is 4.69. The van der Waals surface area contributed by atoms with E-state index in [4.69, 9.17) is 0 Å². The molecule has 1 nitrogen and oxygen atoms in total. The highest BCUT2D eigenvalue weighted by molar-refractivity contribution is 9.11. The predicted molar refractivity (Wildman–Crippen MR) is 78.9 cm³/mol. The molecule has 1 atom stereocenters. The van der Waals surface area contributed by atoms with Gasteiger partial charge in [-0.2, -0.15) is 0 Å². The van der Waals surface area contributed by atoms with E-state index in [1.54, 1.807) is 4.88 Å². The molecule has 1 aliphatic heterocycles. The van der Waals surface area contributed by atoms with Gasteiger partial charge in [0, 0.05) is 28.9 Å². The first-order valence-corrected chi connectivity index (χ1v) is 8.27. The summed E-state index contributed by atoms with van der Waals surface area (Å²) in [4.78, 5) is 5.61. The average molecular weight is 328 g/mol. The van der Waals surface area contributed by atoms with Crippen LogP contribution in [0.15, 0.2) is 27.4 Å². The summed E-state index contributed by atoms with van der Waals surface area (Å²) in [6.07, 6.45) is 1.21. The molecular weight excluding hydrogens is 314 g/mol. The summed E-state index contributed by atoms with van der Waals surface area (Å²) in [6, 6.07) is 7.22. The van der Waals surface area contributed by atoms with Gasteiger partial charge in [-0.1, -0.05) is 0 Å². The topological polar surface area (TPSA) is 3.24 Å².